The number of rotatable bonds is 2. The van der Waals surface area contributed by atoms with Crippen molar-refractivity contribution in [1.82, 2.24) is 0 Å². The lowest BCUT2D eigenvalue weighted by atomic mass is 10.1. The maximum Gasteiger partial charge on any atom is 0.118 e. The highest BCUT2D eigenvalue weighted by atomic mass is 16.5. The van der Waals surface area contributed by atoms with Crippen molar-refractivity contribution in [3.05, 3.63) is 140 Å². The van der Waals surface area contributed by atoms with Gasteiger partial charge in [0.25, 0.3) is 0 Å². The molecule has 0 N–H and O–H groups in total. The van der Waals surface area contributed by atoms with Gasteiger partial charge in [-0.25, -0.2) is 0 Å². The van der Waals surface area contributed by atoms with Gasteiger partial charge >= 0.3 is 0 Å². The molecular weight excluding hydrogens is 364 g/mol. The van der Waals surface area contributed by atoms with Crippen molar-refractivity contribution in [1.29, 1.82) is 0 Å². The van der Waals surface area contributed by atoms with E-state index < -0.39 is 0 Å². The molecule has 0 aliphatic rings. The predicted octanol–water partition coefficient (Wildman–Crippen LogP) is 7.89. The summed E-state index contributed by atoms with van der Waals surface area (Å²) in [6.45, 7) is 0. The minimum absolute atomic E-state index is 0.910. The van der Waals surface area contributed by atoms with Crippen LogP contribution in [0.25, 0.3) is 21.9 Å². The maximum absolute atomic E-state index is 4.91. The molecule has 1 nitrogen and oxygen atoms in total. The lowest BCUT2D eigenvalue weighted by molar-refractivity contribution is 0.415. The zero-order chi connectivity index (χ0) is 20.9. The summed E-state index contributed by atoms with van der Waals surface area (Å²) in [6, 6.07) is 47.2. The van der Waals surface area contributed by atoms with Gasteiger partial charge in [0.1, 0.15) is 5.75 Å². The van der Waals surface area contributed by atoms with E-state index in [2.05, 4.69) is 97.1 Å². The van der Waals surface area contributed by atoms with Gasteiger partial charge < -0.3 is 4.74 Å². The highest BCUT2D eigenvalue weighted by molar-refractivity contribution is 5.82. The summed E-state index contributed by atoms with van der Waals surface area (Å²) in [4.78, 5) is 0. The number of methoxy groups -OCH3 is 1. The van der Waals surface area contributed by atoms with Gasteiger partial charge in [0.05, 0.1) is 7.11 Å². The van der Waals surface area contributed by atoms with E-state index in [9.17, 15) is 0 Å². The fraction of sp³-hybridized carbons (Fsp3) is 0.0345. The zero-order valence-electron chi connectivity index (χ0n) is 17.2. The molecule has 5 rings (SSSR count). The highest BCUT2D eigenvalue weighted by Gasteiger charge is 1.91. The molecule has 5 aromatic carbocycles. The summed E-state index contributed by atoms with van der Waals surface area (Å²) >= 11 is 0. The summed E-state index contributed by atoms with van der Waals surface area (Å²) in [5.41, 5.74) is 2.55. The molecule has 0 aliphatic carbocycles. The Morgan fingerprint density at radius 1 is 0.367 bits per heavy atom. The van der Waals surface area contributed by atoms with E-state index >= 15 is 0 Å². The predicted molar refractivity (Wildman–Crippen MR) is 129 cm³/mol. The molecule has 5 aromatic rings. The molecule has 0 fully saturated rings. The van der Waals surface area contributed by atoms with Gasteiger partial charge in [0.15, 0.2) is 0 Å². The van der Waals surface area contributed by atoms with Crippen LogP contribution in [0.3, 0.4) is 0 Å². The molecule has 0 bridgehead atoms. The first-order chi connectivity index (χ1) is 14.9. The van der Waals surface area contributed by atoms with E-state index in [4.69, 9.17) is 4.74 Å². The smallest absolute Gasteiger partial charge is 0.118 e. The summed E-state index contributed by atoms with van der Waals surface area (Å²) in [7, 11) is 1.66. The van der Waals surface area contributed by atoms with Crippen LogP contribution in [-0.2, 0) is 0 Å². The van der Waals surface area contributed by atoms with Crippen LogP contribution in [-0.4, -0.2) is 7.11 Å². The molecule has 0 amide bonds. The second-order valence-electron chi connectivity index (χ2n) is 6.60. The van der Waals surface area contributed by atoms with Gasteiger partial charge in [0, 0.05) is 0 Å². The minimum Gasteiger partial charge on any atom is -0.497 e. The third-order valence-corrected chi connectivity index (χ3v) is 4.52. The van der Waals surface area contributed by atoms with E-state index in [1.54, 1.807) is 7.11 Å². The normalized spacial score (nSPS) is 9.50. The quantitative estimate of drug-likeness (QED) is 0.298. The van der Waals surface area contributed by atoms with Crippen LogP contribution in [0.2, 0.25) is 0 Å². The summed E-state index contributed by atoms with van der Waals surface area (Å²) in [5, 5.41) is 2.62. The Balaban J connectivity index is 0.000000131. The number of hydrogen-bond donors (Lipinski definition) is 0. The van der Waals surface area contributed by atoms with Gasteiger partial charge in [-0.15, -0.1) is 0 Å². The van der Waals surface area contributed by atoms with Crippen LogP contribution < -0.4 is 4.74 Å². The van der Waals surface area contributed by atoms with Crippen molar-refractivity contribution in [2.24, 2.45) is 0 Å². The van der Waals surface area contributed by atoms with Crippen molar-refractivity contribution in [3.8, 4) is 16.9 Å². The molecule has 0 atom stereocenters. The Bertz CT molecular complexity index is 1000. The molecule has 1 heteroatoms. The van der Waals surface area contributed by atoms with Gasteiger partial charge in [-0.3, -0.25) is 0 Å². The summed E-state index contributed by atoms with van der Waals surface area (Å²) in [5.74, 6) is 0.910. The van der Waals surface area contributed by atoms with Crippen molar-refractivity contribution in [2.45, 2.75) is 0 Å². The number of fused-ring (bicyclic) bond motifs is 1. The van der Waals surface area contributed by atoms with Crippen molar-refractivity contribution in [2.75, 3.05) is 7.11 Å². The first kappa shape index (κ1) is 20.9. The number of ether oxygens (including phenoxy) is 1. The Morgan fingerprint density at radius 2 is 0.667 bits per heavy atom. The molecule has 148 valence electrons. The van der Waals surface area contributed by atoms with Crippen LogP contribution in [0.15, 0.2) is 140 Å². The Kier molecular flexibility index (Phi) is 8.27. The van der Waals surface area contributed by atoms with Gasteiger partial charge in [0.2, 0.25) is 0 Å². The number of para-hydroxylation sites is 1. The lowest BCUT2D eigenvalue weighted by Crippen LogP contribution is -1.78. The van der Waals surface area contributed by atoms with E-state index in [1.807, 2.05) is 42.5 Å². The van der Waals surface area contributed by atoms with Crippen LogP contribution in [0, 0.1) is 0 Å². The average Bonchev–Trinajstić information content (AvgIpc) is 2.86. The Morgan fingerprint density at radius 3 is 0.967 bits per heavy atom. The van der Waals surface area contributed by atoms with Crippen LogP contribution >= 0.6 is 0 Å². The lowest BCUT2D eigenvalue weighted by Gasteiger charge is -1.98. The van der Waals surface area contributed by atoms with Gasteiger partial charge in [-0.1, -0.05) is 127 Å². The van der Waals surface area contributed by atoms with Gasteiger partial charge in [-0.2, -0.15) is 0 Å². The van der Waals surface area contributed by atoms with Crippen molar-refractivity contribution in [3.63, 3.8) is 0 Å². The Labute approximate surface area is 179 Å². The van der Waals surface area contributed by atoms with Gasteiger partial charge in [-0.05, 0) is 34.0 Å². The Hall–Kier alpha value is -3.84. The fourth-order valence-corrected chi connectivity index (χ4v) is 2.95. The summed E-state index contributed by atoms with van der Waals surface area (Å²) < 4.78 is 4.91. The number of hydrogen-bond acceptors (Lipinski definition) is 1. The fourth-order valence-electron chi connectivity index (χ4n) is 2.95. The zero-order valence-corrected chi connectivity index (χ0v) is 17.2. The van der Waals surface area contributed by atoms with E-state index in [0.29, 0.717) is 0 Å². The molecule has 0 saturated carbocycles. The minimum atomic E-state index is 0.910. The molecule has 0 saturated heterocycles. The van der Waals surface area contributed by atoms with Crippen molar-refractivity contribution >= 4 is 10.8 Å². The summed E-state index contributed by atoms with van der Waals surface area (Å²) in [6.07, 6.45) is 0. The molecule has 0 unspecified atom stereocenters. The largest absolute Gasteiger partial charge is 0.497 e. The van der Waals surface area contributed by atoms with Crippen molar-refractivity contribution < 1.29 is 4.74 Å². The third-order valence-electron chi connectivity index (χ3n) is 4.52. The second-order valence-corrected chi connectivity index (χ2v) is 6.60. The molecular formula is C29H26O. The molecule has 0 heterocycles. The second kappa shape index (κ2) is 11.9. The third kappa shape index (κ3) is 6.65. The first-order valence-corrected chi connectivity index (χ1v) is 10.00. The number of benzene rings is 5. The van der Waals surface area contributed by atoms with Crippen LogP contribution in [0.1, 0.15) is 0 Å². The first-order valence-electron chi connectivity index (χ1n) is 10.00. The average molecular weight is 391 g/mol. The molecule has 0 aliphatic heterocycles. The molecule has 0 aromatic heterocycles. The standard InChI is InChI=1S/C12H10.C10H8.C7H8O/c1-3-7-11(8-4-1)12-9-5-2-6-10-12;1-2-6-10-8-4-3-7-9(10)5-1;1-8-7-5-3-2-4-6-7/h1-10H;1-8H;2-6H,1H3. The van der Waals surface area contributed by atoms with E-state index in [1.165, 1.54) is 21.9 Å². The molecule has 0 spiro atoms. The highest BCUT2D eigenvalue weighted by Crippen LogP contribution is 2.17. The maximum atomic E-state index is 4.91. The van der Waals surface area contributed by atoms with Crippen LogP contribution in [0.4, 0.5) is 0 Å². The monoisotopic (exact) mass is 390 g/mol. The van der Waals surface area contributed by atoms with E-state index in [0.717, 1.165) is 5.75 Å². The van der Waals surface area contributed by atoms with Crippen LogP contribution in [0.5, 0.6) is 5.75 Å². The molecule has 0 radical (unpaired) electrons. The molecule has 30 heavy (non-hydrogen) atoms. The SMILES string of the molecule is COc1ccccc1.c1ccc(-c2ccccc2)cc1.c1ccc2ccccc2c1. The topological polar surface area (TPSA) is 9.23 Å². The van der Waals surface area contributed by atoms with E-state index in [-0.39, 0.29) is 0 Å².